The molecule has 0 unspecified atom stereocenters. The summed E-state index contributed by atoms with van der Waals surface area (Å²) in [7, 11) is 5.64. The molecule has 24 heavy (non-hydrogen) atoms. The highest BCUT2D eigenvalue weighted by Crippen LogP contribution is 2.33. The molecule has 0 aliphatic heterocycles. The van der Waals surface area contributed by atoms with E-state index in [1.165, 1.54) is 54.6 Å². The number of nitrogens with zero attached hydrogens (tertiary/aromatic N) is 2. The van der Waals surface area contributed by atoms with E-state index in [9.17, 15) is 4.79 Å². The Bertz CT molecular complexity index is 772. The van der Waals surface area contributed by atoms with Gasteiger partial charge in [-0.05, 0) is 69.1 Å². The molecule has 0 saturated heterocycles. The van der Waals surface area contributed by atoms with Crippen LogP contribution in [-0.4, -0.2) is 43.2 Å². The molecule has 1 aliphatic carbocycles. The molecule has 1 aromatic carbocycles. The van der Waals surface area contributed by atoms with Gasteiger partial charge < -0.3 is 14.2 Å². The summed E-state index contributed by atoms with van der Waals surface area (Å²) in [6, 6.07) is 6.49. The number of ether oxygens (including phenoxy) is 1. The van der Waals surface area contributed by atoms with Crippen LogP contribution in [0.25, 0.3) is 17.0 Å². The number of likely N-dealkylation sites (N-methyl/N-ethyl adjacent to an activating group) is 1. The average Bonchev–Trinajstić information content (AvgIpc) is 2.91. The van der Waals surface area contributed by atoms with Crippen LogP contribution >= 0.6 is 0 Å². The van der Waals surface area contributed by atoms with E-state index in [0.29, 0.717) is 0 Å². The minimum Gasteiger partial charge on any atom is -0.466 e. The summed E-state index contributed by atoms with van der Waals surface area (Å²) < 4.78 is 7.17. The van der Waals surface area contributed by atoms with Gasteiger partial charge in [-0.2, -0.15) is 0 Å². The summed E-state index contributed by atoms with van der Waals surface area (Å²) >= 11 is 0. The van der Waals surface area contributed by atoms with Crippen LogP contribution in [0.5, 0.6) is 0 Å². The van der Waals surface area contributed by atoms with Crippen LogP contribution < -0.4 is 0 Å². The van der Waals surface area contributed by atoms with Crippen LogP contribution in [-0.2, 0) is 28.9 Å². The van der Waals surface area contributed by atoms with Gasteiger partial charge in [-0.1, -0.05) is 6.07 Å². The monoisotopic (exact) mass is 326 g/mol. The molecule has 0 amide bonds. The second kappa shape index (κ2) is 7.22. The predicted molar refractivity (Wildman–Crippen MR) is 98.2 cm³/mol. The lowest BCUT2D eigenvalue weighted by molar-refractivity contribution is -0.134. The van der Waals surface area contributed by atoms with E-state index in [-0.39, 0.29) is 5.97 Å². The number of carbonyl (C=O) groups is 1. The number of esters is 1. The Labute approximate surface area is 143 Å². The maximum atomic E-state index is 11.3. The normalized spacial score (nSPS) is 14.5. The molecule has 3 rings (SSSR count). The van der Waals surface area contributed by atoms with Crippen molar-refractivity contribution in [2.24, 2.45) is 0 Å². The summed E-state index contributed by atoms with van der Waals surface area (Å²) in [4.78, 5) is 13.5. The van der Waals surface area contributed by atoms with Gasteiger partial charge >= 0.3 is 5.97 Å². The van der Waals surface area contributed by atoms with Crippen molar-refractivity contribution in [2.75, 3.05) is 27.7 Å². The molecule has 1 aliphatic rings. The SMILES string of the molecule is COC(=O)C=Cc1ccc2c(c1)c1c(n2CCN(C)C)CCCC1. The summed E-state index contributed by atoms with van der Waals surface area (Å²) in [5.74, 6) is -0.319. The van der Waals surface area contributed by atoms with Gasteiger partial charge in [0.05, 0.1) is 7.11 Å². The van der Waals surface area contributed by atoms with Crippen molar-refractivity contribution in [2.45, 2.75) is 32.2 Å². The van der Waals surface area contributed by atoms with Crippen molar-refractivity contribution >= 4 is 22.9 Å². The third-order valence-electron chi connectivity index (χ3n) is 4.78. The Balaban J connectivity index is 2.02. The number of hydrogen-bond acceptors (Lipinski definition) is 3. The molecule has 0 spiro atoms. The molecule has 0 fully saturated rings. The number of fused-ring (bicyclic) bond motifs is 3. The number of carbonyl (C=O) groups excluding carboxylic acids is 1. The number of rotatable bonds is 5. The highest BCUT2D eigenvalue weighted by atomic mass is 16.5. The van der Waals surface area contributed by atoms with E-state index in [0.717, 1.165) is 25.1 Å². The zero-order valence-electron chi connectivity index (χ0n) is 14.8. The highest BCUT2D eigenvalue weighted by Gasteiger charge is 2.19. The molecular formula is C20H26N2O2. The molecule has 1 heterocycles. The fraction of sp³-hybridized carbons (Fsp3) is 0.450. The van der Waals surface area contributed by atoms with Crippen molar-refractivity contribution in [3.63, 3.8) is 0 Å². The first-order chi connectivity index (χ1) is 11.6. The maximum absolute atomic E-state index is 11.3. The lowest BCUT2D eigenvalue weighted by Gasteiger charge is -2.17. The largest absolute Gasteiger partial charge is 0.466 e. The first-order valence-electron chi connectivity index (χ1n) is 8.65. The van der Waals surface area contributed by atoms with Crippen LogP contribution in [0.15, 0.2) is 24.3 Å². The van der Waals surface area contributed by atoms with Crippen molar-refractivity contribution in [3.8, 4) is 0 Å². The van der Waals surface area contributed by atoms with E-state index in [1.807, 2.05) is 6.08 Å². The quantitative estimate of drug-likeness (QED) is 0.625. The van der Waals surface area contributed by atoms with Crippen molar-refractivity contribution < 1.29 is 9.53 Å². The van der Waals surface area contributed by atoms with E-state index in [1.54, 1.807) is 0 Å². The summed E-state index contributed by atoms with van der Waals surface area (Å²) in [5.41, 5.74) is 5.38. The Morgan fingerprint density at radius 3 is 2.83 bits per heavy atom. The standard InChI is InChI=1S/C20H26N2O2/c1-21(2)12-13-22-18-7-5-4-6-16(18)17-14-15(8-10-19(17)22)9-11-20(23)24-3/h8-11,14H,4-7,12-13H2,1-3H3. The molecule has 4 nitrogen and oxygen atoms in total. The molecule has 4 heteroatoms. The number of benzene rings is 1. The van der Waals surface area contributed by atoms with Crippen LogP contribution in [0.2, 0.25) is 0 Å². The smallest absolute Gasteiger partial charge is 0.330 e. The highest BCUT2D eigenvalue weighted by molar-refractivity contribution is 5.91. The van der Waals surface area contributed by atoms with Gasteiger partial charge in [-0.3, -0.25) is 0 Å². The van der Waals surface area contributed by atoms with E-state index in [2.05, 4.69) is 46.5 Å². The van der Waals surface area contributed by atoms with Crippen molar-refractivity contribution in [1.82, 2.24) is 9.47 Å². The maximum Gasteiger partial charge on any atom is 0.330 e. The predicted octanol–water partition coefficient (Wildman–Crippen LogP) is 3.27. The van der Waals surface area contributed by atoms with Crippen LogP contribution in [0, 0.1) is 0 Å². The molecule has 0 atom stereocenters. The third kappa shape index (κ3) is 3.39. The van der Waals surface area contributed by atoms with E-state index in [4.69, 9.17) is 0 Å². The number of hydrogen-bond donors (Lipinski definition) is 0. The minimum atomic E-state index is -0.319. The number of aryl methyl sites for hydroxylation is 1. The molecular weight excluding hydrogens is 300 g/mol. The van der Waals surface area contributed by atoms with Crippen molar-refractivity contribution in [3.05, 3.63) is 41.1 Å². The topological polar surface area (TPSA) is 34.5 Å². The van der Waals surface area contributed by atoms with Gasteiger partial charge in [0.25, 0.3) is 0 Å². The Morgan fingerprint density at radius 2 is 2.08 bits per heavy atom. The first-order valence-corrected chi connectivity index (χ1v) is 8.65. The number of aromatic nitrogens is 1. The fourth-order valence-corrected chi connectivity index (χ4v) is 3.54. The van der Waals surface area contributed by atoms with Crippen molar-refractivity contribution in [1.29, 1.82) is 0 Å². The summed E-state index contributed by atoms with van der Waals surface area (Å²) in [6.45, 7) is 2.07. The molecule has 0 N–H and O–H groups in total. The van der Waals surface area contributed by atoms with Gasteiger partial charge in [0, 0.05) is 35.8 Å². The second-order valence-corrected chi connectivity index (χ2v) is 6.72. The Morgan fingerprint density at radius 1 is 1.29 bits per heavy atom. The van der Waals surface area contributed by atoms with Crippen LogP contribution in [0.3, 0.4) is 0 Å². The zero-order valence-corrected chi connectivity index (χ0v) is 14.8. The third-order valence-corrected chi connectivity index (χ3v) is 4.78. The van der Waals surface area contributed by atoms with Gasteiger partial charge in [-0.25, -0.2) is 4.79 Å². The average molecular weight is 326 g/mol. The van der Waals surface area contributed by atoms with Crippen LogP contribution in [0.1, 0.15) is 29.7 Å². The molecule has 0 saturated carbocycles. The van der Waals surface area contributed by atoms with Gasteiger partial charge in [0.15, 0.2) is 0 Å². The van der Waals surface area contributed by atoms with Gasteiger partial charge in [0.1, 0.15) is 0 Å². The molecule has 0 bridgehead atoms. The van der Waals surface area contributed by atoms with Crippen LogP contribution in [0.4, 0.5) is 0 Å². The minimum absolute atomic E-state index is 0.319. The molecule has 1 aromatic heterocycles. The second-order valence-electron chi connectivity index (χ2n) is 6.72. The Hall–Kier alpha value is -2.07. The van der Waals surface area contributed by atoms with Gasteiger partial charge in [-0.15, -0.1) is 0 Å². The number of methoxy groups -OCH3 is 1. The molecule has 2 aromatic rings. The van der Waals surface area contributed by atoms with Gasteiger partial charge in [0.2, 0.25) is 0 Å². The summed E-state index contributed by atoms with van der Waals surface area (Å²) in [6.07, 6.45) is 8.19. The first kappa shape index (κ1) is 16.8. The lowest BCUT2D eigenvalue weighted by atomic mass is 9.95. The van der Waals surface area contributed by atoms with E-state index < -0.39 is 0 Å². The zero-order chi connectivity index (χ0) is 17.1. The fourth-order valence-electron chi connectivity index (χ4n) is 3.54. The van der Waals surface area contributed by atoms with E-state index >= 15 is 0 Å². The Kier molecular flexibility index (Phi) is 5.05. The molecule has 128 valence electrons. The summed E-state index contributed by atoms with van der Waals surface area (Å²) in [5, 5.41) is 1.34. The lowest BCUT2D eigenvalue weighted by Crippen LogP contribution is -2.20. The molecule has 0 radical (unpaired) electrons.